The van der Waals surface area contributed by atoms with Crippen molar-refractivity contribution >= 4 is 11.9 Å². The van der Waals surface area contributed by atoms with E-state index in [9.17, 15) is 9.59 Å². The Morgan fingerprint density at radius 1 is 1.53 bits per heavy atom. The summed E-state index contributed by atoms with van der Waals surface area (Å²) in [5.74, 6) is -1.47. The molecule has 1 heterocycles. The second kappa shape index (κ2) is 6.33. The van der Waals surface area contributed by atoms with E-state index < -0.39 is 12.1 Å². The summed E-state index contributed by atoms with van der Waals surface area (Å²) in [6.07, 6.45) is 0.428. The fourth-order valence-electron chi connectivity index (χ4n) is 1.72. The molecule has 0 spiro atoms. The average molecular weight is 269 g/mol. The number of amides is 1. The molecule has 1 aromatic rings. The Morgan fingerprint density at radius 2 is 2.16 bits per heavy atom. The predicted molar refractivity (Wildman–Crippen MR) is 68.1 cm³/mol. The van der Waals surface area contributed by atoms with Gasteiger partial charge in [0.05, 0.1) is 18.3 Å². The first-order chi connectivity index (χ1) is 8.88. The number of carbonyl (C=O) groups excluding carboxylic acids is 1. The number of ether oxygens (including phenoxy) is 1. The molecular weight excluding hydrogens is 250 g/mol. The van der Waals surface area contributed by atoms with Gasteiger partial charge in [0.1, 0.15) is 0 Å². The van der Waals surface area contributed by atoms with Gasteiger partial charge in [-0.15, -0.1) is 0 Å². The number of carboxylic acids is 1. The normalized spacial score (nSPS) is 12.5. The van der Waals surface area contributed by atoms with Gasteiger partial charge in [-0.05, 0) is 20.8 Å². The van der Waals surface area contributed by atoms with Gasteiger partial charge < -0.3 is 15.2 Å². The first-order valence-corrected chi connectivity index (χ1v) is 5.96. The molecule has 1 unspecified atom stereocenters. The maximum absolute atomic E-state index is 11.9. The second-order valence-electron chi connectivity index (χ2n) is 4.45. The highest BCUT2D eigenvalue weighted by Crippen LogP contribution is 2.12. The highest BCUT2D eigenvalue weighted by Gasteiger charge is 2.20. The van der Waals surface area contributed by atoms with Gasteiger partial charge in [-0.25, -0.2) is 4.79 Å². The quantitative estimate of drug-likeness (QED) is 0.789. The Kier molecular flexibility index (Phi) is 5.05. The zero-order valence-electron chi connectivity index (χ0n) is 11.5. The van der Waals surface area contributed by atoms with Crippen molar-refractivity contribution in [2.45, 2.75) is 32.9 Å². The number of hydrogen-bond donors (Lipinski definition) is 2. The summed E-state index contributed by atoms with van der Waals surface area (Å²) in [5, 5.41) is 15.4. The van der Waals surface area contributed by atoms with E-state index in [4.69, 9.17) is 9.84 Å². The van der Waals surface area contributed by atoms with Gasteiger partial charge in [-0.1, -0.05) is 0 Å². The summed E-state index contributed by atoms with van der Waals surface area (Å²) in [4.78, 5) is 22.7. The van der Waals surface area contributed by atoms with E-state index in [0.717, 1.165) is 5.69 Å². The number of nitrogens with zero attached hydrogens (tertiary/aromatic N) is 2. The maximum Gasteiger partial charge on any atom is 0.334 e. The summed E-state index contributed by atoms with van der Waals surface area (Å²) >= 11 is 0. The molecule has 1 atom stereocenters. The molecular formula is C12H19N3O4. The number of rotatable bonds is 6. The van der Waals surface area contributed by atoms with Crippen LogP contribution in [-0.2, 0) is 9.53 Å². The number of aliphatic carboxylic acids is 1. The van der Waals surface area contributed by atoms with Crippen molar-refractivity contribution in [2.75, 3.05) is 13.7 Å². The molecule has 1 aromatic heterocycles. The molecule has 0 saturated heterocycles. The van der Waals surface area contributed by atoms with E-state index in [1.807, 2.05) is 13.8 Å². The summed E-state index contributed by atoms with van der Waals surface area (Å²) in [7, 11) is 1.28. The number of aromatic nitrogens is 2. The van der Waals surface area contributed by atoms with Crippen LogP contribution in [-0.4, -0.2) is 46.5 Å². The van der Waals surface area contributed by atoms with Crippen LogP contribution in [0.1, 0.15) is 35.9 Å². The van der Waals surface area contributed by atoms with Crippen LogP contribution in [0.25, 0.3) is 0 Å². The Bertz CT molecular complexity index is 468. The molecule has 0 radical (unpaired) electrons. The lowest BCUT2D eigenvalue weighted by Crippen LogP contribution is -2.38. The Hall–Kier alpha value is -1.89. The lowest BCUT2D eigenvalue weighted by atomic mass is 10.2. The lowest BCUT2D eigenvalue weighted by molar-refractivity contribution is -0.148. The van der Waals surface area contributed by atoms with E-state index >= 15 is 0 Å². The molecule has 2 N–H and O–H groups in total. The van der Waals surface area contributed by atoms with Crippen LogP contribution in [0.2, 0.25) is 0 Å². The topological polar surface area (TPSA) is 93.5 Å². The number of hydrogen-bond acceptors (Lipinski definition) is 4. The molecule has 0 saturated carbocycles. The molecule has 0 aliphatic rings. The van der Waals surface area contributed by atoms with Gasteiger partial charge in [0.2, 0.25) is 0 Å². The second-order valence-corrected chi connectivity index (χ2v) is 4.45. The first kappa shape index (κ1) is 15.2. The number of carboxylic acid groups (broad SMARTS) is 1. The molecule has 0 aromatic carbocycles. The van der Waals surface area contributed by atoms with Crippen molar-refractivity contribution in [1.82, 2.24) is 15.1 Å². The SMILES string of the molecule is COC(CNC(=O)c1cnn(C(C)C)c1C)C(=O)O. The largest absolute Gasteiger partial charge is 0.479 e. The number of carbonyl (C=O) groups is 2. The zero-order valence-corrected chi connectivity index (χ0v) is 11.5. The minimum atomic E-state index is -1.11. The van der Waals surface area contributed by atoms with Crippen LogP contribution in [0.5, 0.6) is 0 Å². The fourth-order valence-corrected chi connectivity index (χ4v) is 1.72. The van der Waals surface area contributed by atoms with E-state index in [2.05, 4.69) is 10.4 Å². The fraction of sp³-hybridized carbons (Fsp3) is 0.583. The lowest BCUT2D eigenvalue weighted by Gasteiger charge is -2.12. The smallest absolute Gasteiger partial charge is 0.334 e. The van der Waals surface area contributed by atoms with Gasteiger partial charge >= 0.3 is 5.97 Å². The van der Waals surface area contributed by atoms with Crippen LogP contribution in [0, 0.1) is 6.92 Å². The highest BCUT2D eigenvalue weighted by atomic mass is 16.5. The monoisotopic (exact) mass is 269 g/mol. The predicted octanol–water partition coefficient (Wildman–Crippen LogP) is 0.602. The van der Waals surface area contributed by atoms with Gasteiger partial charge in [-0.2, -0.15) is 5.10 Å². The van der Waals surface area contributed by atoms with E-state index in [0.29, 0.717) is 5.56 Å². The molecule has 1 rings (SSSR count). The maximum atomic E-state index is 11.9. The Labute approximate surface area is 111 Å². The zero-order chi connectivity index (χ0) is 14.6. The average Bonchev–Trinajstić information content (AvgIpc) is 2.71. The van der Waals surface area contributed by atoms with Crippen molar-refractivity contribution in [3.63, 3.8) is 0 Å². The van der Waals surface area contributed by atoms with Gasteiger partial charge in [0.15, 0.2) is 6.10 Å². The van der Waals surface area contributed by atoms with Gasteiger partial charge in [-0.3, -0.25) is 9.48 Å². The van der Waals surface area contributed by atoms with Crippen LogP contribution >= 0.6 is 0 Å². The number of nitrogens with one attached hydrogen (secondary N) is 1. The third kappa shape index (κ3) is 3.54. The number of methoxy groups -OCH3 is 1. The molecule has 0 fully saturated rings. The minimum Gasteiger partial charge on any atom is -0.479 e. The molecule has 1 amide bonds. The Morgan fingerprint density at radius 3 is 2.58 bits per heavy atom. The standard InChI is InChI=1S/C12H19N3O4/c1-7(2)15-8(3)9(5-14-15)11(16)13-6-10(19-4)12(17)18/h5,7,10H,6H2,1-4H3,(H,13,16)(H,17,18). The van der Waals surface area contributed by atoms with Crippen LogP contribution in [0.4, 0.5) is 0 Å². The van der Waals surface area contributed by atoms with E-state index in [1.165, 1.54) is 13.3 Å². The van der Waals surface area contributed by atoms with Gasteiger partial charge in [0, 0.05) is 18.8 Å². The Balaban J connectivity index is 2.71. The van der Waals surface area contributed by atoms with Crippen LogP contribution in [0.15, 0.2) is 6.20 Å². The third-order valence-electron chi connectivity index (χ3n) is 2.79. The van der Waals surface area contributed by atoms with Crippen LogP contribution in [0.3, 0.4) is 0 Å². The molecule has 7 nitrogen and oxygen atoms in total. The van der Waals surface area contributed by atoms with E-state index in [1.54, 1.807) is 11.6 Å². The minimum absolute atomic E-state index is 0.0863. The van der Waals surface area contributed by atoms with Crippen molar-refractivity contribution in [1.29, 1.82) is 0 Å². The summed E-state index contributed by atoms with van der Waals surface area (Å²) in [5.41, 5.74) is 1.19. The molecule has 106 valence electrons. The molecule has 0 bridgehead atoms. The molecule has 19 heavy (non-hydrogen) atoms. The van der Waals surface area contributed by atoms with Crippen LogP contribution < -0.4 is 5.32 Å². The van der Waals surface area contributed by atoms with Crippen molar-refractivity contribution in [3.05, 3.63) is 17.5 Å². The van der Waals surface area contributed by atoms with Crippen molar-refractivity contribution in [2.24, 2.45) is 0 Å². The third-order valence-corrected chi connectivity index (χ3v) is 2.79. The molecule has 0 aliphatic heterocycles. The summed E-state index contributed by atoms with van der Waals surface area (Å²) in [6.45, 7) is 5.64. The highest BCUT2D eigenvalue weighted by molar-refractivity contribution is 5.95. The van der Waals surface area contributed by atoms with Crippen molar-refractivity contribution in [3.8, 4) is 0 Å². The first-order valence-electron chi connectivity index (χ1n) is 5.96. The van der Waals surface area contributed by atoms with E-state index in [-0.39, 0.29) is 18.5 Å². The summed E-state index contributed by atoms with van der Waals surface area (Å²) in [6, 6.07) is 0.160. The van der Waals surface area contributed by atoms with Crippen molar-refractivity contribution < 1.29 is 19.4 Å². The van der Waals surface area contributed by atoms with Gasteiger partial charge in [0.25, 0.3) is 5.91 Å². The molecule has 0 aliphatic carbocycles. The molecule has 7 heteroatoms. The summed E-state index contributed by atoms with van der Waals surface area (Å²) < 4.78 is 6.47.